The van der Waals surface area contributed by atoms with E-state index in [-0.39, 0.29) is 0 Å². The van der Waals surface area contributed by atoms with Crippen LogP contribution >= 0.6 is 0 Å². The maximum absolute atomic E-state index is 13.5. The quantitative estimate of drug-likeness (QED) is 0.799. The van der Waals surface area contributed by atoms with Crippen molar-refractivity contribution in [3.8, 4) is 0 Å². The van der Waals surface area contributed by atoms with E-state index in [2.05, 4.69) is 5.32 Å². The summed E-state index contributed by atoms with van der Waals surface area (Å²) in [5, 5.41) is 2.56. The summed E-state index contributed by atoms with van der Waals surface area (Å²) in [4.78, 5) is 0. The van der Waals surface area contributed by atoms with Crippen molar-refractivity contribution in [2.45, 2.75) is 6.92 Å². The molecule has 3 N–H and O–H groups in total. The minimum Gasteiger partial charge on any atom is -0.397 e. The normalized spacial score (nSPS) is 10.4. The highest BCUT2D eigenvalue weighted by atomic mass is 19.1. The van der Waals surface area contributed by atoms with Gasteiger partial charge in [-0.05, 0) is 18.6 Å². The molecule has 0 radical (unpaired) electrons. The topological polar surface area (TPSA) is 38.0 Å². The first kappa shape index (κ1) is 12.3. The molecule has 0 fully saturated rings. The Bertz CT molecular complexity index is 554. The maximum atomic E-state index is 13.5. The molecular formula is C13H11F3N2. The molecule has 2 rings (SSSR count). The first-order valence-corrected chi connectivity index (χ1v) is 5.25. The lowest BCUT2D eigenvalue weighted by Crippen LogP contribution is -2.03. The van der Waals surface area contributed by atoms with Crippen molar-refractivity contribution in [2.75, 3.05) is 11.1 Å². The van der Waals surface area contributed by atoms with Gasteiger partial charge in [0, 0.05) is 12.1 Å². The monoisotopic (exact) mass is 252 g/mol. The number of anilines is 3. The van der Waals surface area contributed by atoms with E-state index in [0.717, 1.165) is 5.56 Å². The van der Waals surface area contributed by atoms with Gasteiger partial charge in [0.1, 0.15) is 11.5 Å². The second kappa shape index (κ2) is 4.60. The molecule has 2 nitrogen and oxygen atoms in total. The number of halogens is 3. The third-order valence-electron chi connectivity index (χ3n) is 2.56. The second-order valence-electron chi connectivity index (χ2n) is 3.91. The van der Waals surface area contributed by atoms with Crippen LogP contribution in [0, 0.1) is 24.4 Å². The first-order chi connectivity index (χ1) is 8.49. The minimum atomic E-state index is -1.00. The van der Waals surface area contributed by atoms with Gasteiger partial charge in [-0.2, -0.15) is 0 Å². The number of para-hydroxylation sites is 1. The molecule has 5 heteroatoms. The van der Waals surface area contributed by atoms with Gasteiger partial charge in [-0.15, -0.1) is 0 Å². The molecule has 94 valence electrons. The van der Waals surface area contributed by atoms with Gasteiger partial charge >= 0.3 is 0 Å². The molecule has 0 aromatic heterocycles. The molecule has 0 aliphatic rings. The van der Waals surface area contributed by atoms with E-state index in [0.29, 0.717) is 23.5 Å². The lowest BCUT2D eigenvalue weighted by atomic mass is 10.1. The van der Waals surface area contributed by atoms with Crippen molar-refractivity contribution in [2.24, 2.45) is 0 Å². The number of nitrogens with one attached hydrogen (secondary N) is 1. The van der Waals surface area contributed by atoms with Crippen molar-refractivity contribution < 1.29 is 13.2 Å². The summed E-state index contributed by atoms with van der Waals surface area (Å²) in [6.07, 6.45) is 0. The molecule has 0 aliphatic carbocycles. The van der Waals surface area contributed by atoms with Crippen molar-refractivity contribution in [3.05, 3.63) is 53.3 Å². The number of hydrogen-bond donors (Lipinski definition) is 2. The molecular weight excluding hydrogens is 241 g/mol. The zero-order chi connectivity index (χ0) is 13.3. The van der Waals surface area contributed by atoms with Crippen molar-refractivity contribution in [3.63, 3.8) is 0 Å². The number of rotatable bonds is 2. The van der Waals surface area contributed by atoms with Crippen molar-refractivity contribution in [1.29, 1.82) is 0 Å². The first-order valence-electron chi connectivity index (χ1n) is 5.25. The van der Waals surface area contributed by atoms with Crippen LogP contribution in [0.1, 0.15) is 5.56 Å². The van der Waals surface area contributed by atoms with Crippen LogP contribution < -0.4 is 11.1 Å². The van der Waals surface area contributed by atoms with Gasteiger partial charge in [0.25, 0.3) is 0 Å². The summed E-state index contributed by atoms with van der Waals surface area (Å²) < 4.78 is 39.7. The Kier molecular flexibility index (Phi) is 3.14. The van der Waals surface area contributed by atoms with E-state index < -0.39 is 23.1 Å². The fourth-order valence-corrected chi connectivity index (χ4v) is 1.65. The van der Waals surface area contributed by atoms with E-state index >= 15 is 0 Å². The average Bonchev–Trinajstić information content (AvgIpc) is 2.26. The number of hydrogen-bond acceptors (Lipinski definition) is 2. The molecule has 0 aliphatic heterocycles. The third kappa shape index (κ3) is 2.25. The van der Waals surface area contributed by atoms with Gasteiger partial charge in [0.15, 0.2) is 11.6 Å². The summed E-state index contributed by atoms with van der Waals surface area (Å²) in [6.45, 7) is 1.75. The maximum Gasteiger partial charge on any atom is 0.152 e. The molecule has 2 aromatic rings. The Labute approximate surface area is 102 Å². The molecule has 0 amide bonds. The summed E-state index contributed by atoms with van der Waals surface area (Å²) >= 11 is 0. The Morgan fingerprint density at radius 3 is 2.17 bits per heavy atom. The van der Waals surface area contributed by atoms with Crippen molar-refractivity contribution in [1.82, 2.24) is 0 Å². The Morgan fingerprint density at radius 2 is 1.61 bits per heavy atom. The number of nitrogen functional groups attached to an aromatic ring is 1. The van der Waals surface area contributed by atoms with Crippen LogP contribution in [-0.4, -0.2) is 0 Å². The van der Waals surface area contributed by atoms with Crippen LogP contribution in [0.15, 0.2) is 30.3 Å². The van der Waals surface area contributed by atoms with Gasteiger partial charge in [-0.1, -0.05) is 12.1 Å². The largest absolute Gasteiger partial charge is 0.397 e. The summed E-state index contributed by atoms with van der Waals surface area (Å²) in [5.74, 6) is -2.97. The summed E-state index contributed by atoms with van der Waals surface area (Å²) in [5.41, 5.74) is 6.80. The van der Waals surface area contributed by atoms with E-state index in [4.69, 9.17) is 5.73 Å². The lowest BCUT2D eigenvalue weighted by molar-refractivity contribution is 0.549. The van der Waals surface area contributed by atoms with E-state index in [9.17, 15) is 13.2 Å². The highest BCUT2D eigenvalue weighted by molar-refractivity contribution is 5.76. The molecule has 0 saturated heterocycles. The zero-order valence-electron chi connectivity index (χ0n) is 9.60. The number of aryl methyl sites for hydroxylation is 1. The standard InChI is InChI=1S/C13H11F3N2/c1-7-3-2-4-11(17)12(7)18-13-9(15)5-8(14)6-10(13)16/h2-6,18H,17H2,1H3. The highest BCUT2D eigenvalue weighted by Crippen LogP contribution is 2.30. The summed E-state index contributed by atoms with van der Waals surface area (Å²) in [7, 11) is 0. The van der Waals surface area contributed by atoms with E-state index in [1.165, 1.54) is 0 Å². The molecule has 0 atom stereocenters. The van der Waals surface area contributed by atoms with Crippen LogP contribution in [-0.2, 0) is 0 Å². The van der Waals surface area contributed by atoms with Gasteiger partial charge in [-0.3, -0.25) is 0 Å². The molecule has 0 unspecified atom stereocenters. The van der Waals surface area contributed by atoms with Crippen LogP contribution in [0.2, 0.25) is 0 Å². The zero-order valence-corrected chi connectivity index (χ0v) is 9.60. The van der Waals surface area contributed by atoms with Crippen LogP contribution in [0.5, 0.6) is 0 Å². The van der Waals surface area contributed by atoms with Gasteiger partial charge in [-0.25, -0.2) is 13.2 Å². The highest BCUT2D eigenvalue weighted by Gasteiger charge is 2.13. The molecule has 0 spiro atoms. The number of benzene rings is 2. The Hall–Kier alpha value is -2.17. The third-order valence-corrected chi connectivity index (χ3v) is 2.56. The van der Waals surface area contributed by atoms with E-state index in [1.54, 1.807) is 25.1 Å². The van der Waals surface area contributed by atoms with Crippen LogP contribution in [0.25, 0.3) is 0 Å². The minimum absolute atomic E-state index is 0.359. The Balaban J connectivity index is 2.47. The van der Waals surface area contributed by atoms with Crippen LogP contribution in [0.3, 0.4) is 0 Å². The van der Waals surface area contributed by atoms with Gasteiger partial charge in [0.05, 0.1) is 11.4 Å². The predicted molar refractivity (Wildman–Crippen MR) is 65.2 cm³/mol. The van der Waals surface area contributed by atoms with E-state index in [1.807, 2.05) is 0 Å². The fourth-order valence-electron chi connectivity index (χ4n) is 1.65. The molecule has 0 heterocycles. The molecule has 0 bridgehead atoms. The second-order valence-corrected chi connectivity index (χ2v) is 3.91. The molecule has 0 saturated carbocycles. The average molecular weight is 252 g/mol. The number of nitrogens with two attached hydrogens (primary N) is 1. The lowest BCUT2D eigenvalue weighted by Gasteiger charge is -2.13. The fraction of sp³-hybridized carbons (Fsp3) is 0.0769. The van der Waals surface area contributed by atoms with Gasteiger partial charge in [0.2, 0.25) is 0 Å². The Morgan fingerprint density at radius 1 is 1.00 bits per heavy atom. The van der Waals surface area contributed by atoms with Crippen molar-refractivity contribution >= 4 is 17.1 Å². The van der Waals surface area contributed by atoms with Gasteiger partial charge < -0.3 is 11.1 Å². The van der Waals surface area contributed by atoms with Crippen LogP contribution in [0.4, 0.5) is 30.2 Å². The SMILES string of the molecule is Cc1cccc(N)c1Nc1c(F)cc(F)cc1F. The molecule has 2 aromatic carbocycles. The summed E-state index contributed by atoms with van der Waals surface area (Å²) in [6, 6.07) is 6.31. The molecule has 18 heavy (non-hydrogen) atoms. The predicted octanol–water partition coefficient (Wildman–Crippen LogP) is 3.74. The smallest absolute Gasteiger partial charge is 0.152 e.